The van der Waals surface area contributed by atoms with Crippen LogP contribution in [0.25, 0.3) is 11.0 Å². The number of imidazole rings is 1. The number of rotatable bonds is 4. The van der Waals surface area contributed by atoms with E-state index in [9.17, 15) is 4.79 Å². The first kappa shape index (κ1) is 16.6. The van der Waals surface area contributed by atoms with Gasteiger partial charge in [-0.1, -0.05) is 12.8 Å². The molecular weight excluding hydrogens is 312 g/mol. The highest BCUT2D eigenvalue weighted by molar-refractivity contribution is 5.97. The summed E-state index contributed by atoms with van der Waals surface area (Å²) in [5, 5.41) is 3.07. The van der Waals surface area contributed by atoms with Crippen LogP contribution in [-0.2, 0) is 13.0 Å². The lowest BCUT2D eigenvalue weighted by molar-refractivity contribution is 0.0946. The minimum absolute atomic E-state index is 0.0158. The van der Waals surface area contributed by atoms with Gasteiger partial charge in [-0.05, 0) is 57.0 Å². The lowest BCUT2D eigenvalue weighted by atomic mass is 10.1. The fraction of sp³-hybridized carbons (Fsp3) is 0.600. The van der Waals surface area contributed by atoms with Crippen LogP contribution in [0.4, 0.5) is 0 Å². The molecule has 0 bridgehead atoms. The van der Waals surface area contributed by atoms with Gasteiger partial charge in [0.15, 0.2) is 0 Å². The Morgan fingerprint density at radius 2 is 1.84 bits per heavy atom. The van der Waals surface area contributed by atoms with Gasteiger partial charge in [0.1, 0.15) is 5.82 Å². The molecule has 5 nitrogen and oxygen atoms in total. The molecule has 1 fully saturated rings. The van der Waals surface area contributed by atoms with Crippen LogP contribution in [0, 0.1) is 0 Å². The Hall–Kier alpha value is -1.88. The molecule has 0 aliphatic carbocycles. The number of likely N-dealkylation sites (tertiary alicyclic amines) is 1. The van der Waals surface area contributed by atoms with Crippen molar-refractivity contribution in [1.82, 2.24) is 19.8 Å². The van der Waals surface area contributed by atoms with E-state index in [4.69, 9.17) is 4.98 Å². The molecule has 0 radical (unpaired) electrons. The van der Waals surface area contributed by atoms with Crippen molar-refractivity contribution in [3.8, 4) is 0 Å². The molecule has 2 aliphatic heterocycles. The first-order chi connectivity index (χ1) is 12.3. The van der Waals surface area contributed by atoms with Gasteiger partial charge in [-0.15, -0.1) is 0 Å². The molecule has 2 aliphatic rings. The van der Waals surface area contributed by atoms with Gasteiger partial charge in [0.05, 0.1) is 11.0 Å². The van der Waals surface area contributed by atoms with Crippen LogP contribution >= 0.6 is 0 Å². The predicted molar refractivity (Wildman–Crippen MR) is 99.9 cm³/mol. The Labute approximate surface area is 149 Å². The number of carbonyl (C=O) groups excluding carboxylic acids is 1. The highest BCUT2D eigenvalue weighted by Gasteiger charge is 2.15. The first-order valence-corrected chi connectivity index (χ1v) is 9.81. The van der Waals surface area contributed by atoms with Crippen molar-refractivity contribution in [1.29, 1.82) is 0 Å². The van der Waals surface area contributed by atoms with Crippen molar-refractivity contribution in [3.63, 3.8) is 0 Å². The highest BCUT2D eigenvalue weighted by atomic mass is 16.1. The van der Waals surface area contributed by atoms with Gasteiger partial charge >= 0.3 is 0 Å². The third kappa shape index (κ3) is 3.71. The molecule has 0 saturated carbocycles. The average molecular weight is 340 g/mol. The molecule has 4 rings (SSSR count). The second-order valence-electron chi connectivity index (χ2n) is 7.35. The number of nitrogens with one attached hydrogen (secondary N) is 1. The van der Waals surface area contributed by atoms with E-state index in [1.54, 1.807) is 0 Å². The molecule has 2 aromatic rings. The molecule has 0 unspecified atom stereocenters. The molecule has 0 atom stereocenters. The third-order valence-corrected chi connectivity index (χ3v) is 5.53. The van der Waals surface area contributed by atoms with E-state index in [1.165, 1.54) is 63.0 Å². The maximum absolute atomic E-state index is 12.5. The van der Waals surface area contributed by atoms with E-state index < -0.39 is 0 Å². The third-order valence-electron chi connectivity index (χ3n) is 5.53. The number of hydrogen-bond donors (Lipinski definition) is 1. The SMILES string of the molecule is O=C(NCCN1CCCCC1)c1ccc2c(c1)nc1n2CCCCC1. The minimum atomic E-state index is 0.0158. The number of piperidine rings is 1. The van der Waals surface area contributed by atoms with E-state index >= 15 is 0 Å². The normalized spacial score (nSPS) is 18.7. The van der Waals surface area contributed by atoms with Gasteiger partial charge in [-0.2, -0.15) is 0 Å². The quantitative estimate of drug-likeness (QED) is 0.931. The van der Waals surface area contributed by atoms with Crippen molar-refractivity contribution in [2.75, 3.05) is 26.2 Å². The van der Waals surface area contributed by atoms with Crippen LogP contribution in [0.1, 0.15) is 54.7 Å². The second-order valence-corrected chi connectivity index (χ2v) is 7.35. The summed E-state index contributed by atoms with van der Waals surface area (Å²) in [5.41, 5.74) is 2.85. The van der Waals surface area contributed by atoms with E-state index in [2.05, 4.69) is 20.9 Å². The summed E-state index contributed by atoms with van der Waals surface area (Å²) in [6.45, 7) is 5.06. The molecule has 134 valence electrons. The zero-order valence-electron chi connectivity index (χ0n) is 15.0. The van der Waals surface area contributed by atoms with Crippen LogP contribution in [0.5, 0.6) is 0 Å². The molecule has 1 N–H and O–H groups in total. The van der Waals surface area contributed by atoms with E-state index in [0.717, 1.165) is 37.1 Å². The fourth-order valence-corrected chi connectivity index (χ4v) is 4.10. The molecule has 1 aromatic carbocycles. The van der Waals surface area contributed by atoms with Gasteiger partial charge in [0.2, 0.25) is 0 Å². The van der Waals surface area contributed by atoms with Crippen LogP contribution < -0.4 is 5.32 Å². The first-order valence-electron chi connectivity index (χ1n) is 9.81. The Morgan fingerprint density at radius 1 is 1.04 bits per heavy atom. The smallest absolute Gasteiger partial charge is 0.251 e. The summed E-state index contributed by atoms with van der Waals surface area (Å²) in [5.74, 6) is 1.19. The molecule has 3 heterocycles. The lowest BCUT2D eigenvalue weighted by Crippen LogP contribution is -2.37. The Kier molecular flexibility index (Phi) is 5.02. The van der Waals surface area contributed by atoms with Crippen LogP contribution in [0.15, 0.2) is 18.2 Å². The summed E-state index contributed by atoms with van der Waals surface area (Å²) in [4.78, 5) is 19.7. The number of aromatic nitrogens is 2. The lowest BCUT2D eigenvalue weighted by Gasteiger charge is -2.26. The Balaban J connectivity index is 1.41. The predicted octanol–water partition coefficient (Wildman–Crippen LogP) is 2.98. The number of hydrogen-bond acceptors (Lipinski definition) is 3. The average Bonchev–Trinajstić information content (AvgIpc) is 2.82. The Morgan fingerprint density at radius 3 is 2.72 bits per heavy atom. The van der Waals surface area contributed by atoms with Gasteiger partial charge in [-0.25, -0.2) is 4.98 Å². The standard InChI is InChI=1S/C20H28N4O/c25-20(21-10-14-23-11-4-2-5-12-23)16-8-9-18-17(15-16)22-19-7-3-1-6-13-24(18)19/h8-9,15H,1-7,10-14H2,(H,21,25). The molecule has 25 heavy (non-hydrogen) atoms. The molecule has 0 spiro atoms. The molecule has 1 amide bonds. The van der Waals surface area contributed by atoms with Crippen LogP contribution in [0.3, 0.4) is 0 Å². The number of aryl methyl sites for hydroxylation is 2. The summed E-state index contributed by atoms with van der Waals surface area (Å²) in [7, 11) is 0. The van der Waals surface area contributed by atoms with Gasteiger partial charge in [0, 0.05) is 31.6 Å². The van der Waals surface area contributed by atoms with Gasteiger partial charge in [-0.3, -0.25) is 4.79 Å². The Bertz CT molecular complexity index is 745. The molecule has 1 saturated heterocycles. The summed E-state index contributed by atoms with van der Waals surface area (Å²) >= 11 is 0. The fourth-order valence-electron chi connectivity index (χ4n) is 4.10. The van der Waals surface area contributed by atoms with E-state index in [0.29, 0.717) is 0 Å². The monoisotopic (exact) mass is 340 g/mol. The van der Waals surface area contributed by atoms with Gasteiger partial charge < -0.3 is 14.8 Å². The van der Waals surface area contributed by atoms with E-state index in [1.807, 2.05) is 12.1 Å². The van der Waals surface area contributed by atoms with Gasteiger partial charge in [0.25, 0.3) is 5.91 Å². The number of benzene rings is 1. The van der Waals surface area contributed by atoms with Crippen molar-refractivity contribution in [3.05, 3.63) is 29.6 Å². The van der Waals surface area contributed by atoms with Crippen molar-refractivity contribution in [2.24, 2.45) is 0 Å². The van der Waals surface area contributed by atoms with Crippen LogP contribution in [-0.4, -0.2) is 46.5 Å². The highest BCUT2D eigenvalue weighted by Crippen LogP contribution is 2.22. The number of amides is 1. The minimum Gasteiger partial charge on any atom is -0.351 e. The maximum Gasteiger partial charge on any atom is 0.251 e. The number of carbonyl (C=O) groups is 1. The maximum atomic E-state index is 12.5. The van der Waals surface area contributed by atoms with E-state index in [-0.39, 0.29) is 5.91 Å². The summed E-state index contributed by atoms with van der Waals surface area (Å²) in [6.07, 6.45) is 8.68. The number of nitrogens with zero attached hydrogens (tertiary/aromatic N) is 3. The van der Waals surface area contributed by atoms with Crippen molar-refractivity contribution in [2.45, 2.75) is 51.5 Å². The summed E-state index contributed by atoms with van der Waals surface area (Å²) in [6, 6.07) is 5.96. The second kappa shape index (κ2) is 7.56. The summed E-state index contributed by atoms with van der Waals surface area (Å²) < 4.78 is 2.33. The zero-order chi connectivity index (χ0) is 17.1. The van der Waals surface area contributed by atoms with Crippen molar-refractivity contribution >= 4 is 16.9 Å². The number of fused-ring (bicyclic) bond motifs is 3. The topological polar surface area (TPSA) is 50.2 Å². The largest absolute Gasteiger partial charge is 0.351 e. The van der Waals surface area contributed by atoms with Crippen molar-refractivity contribution < 1.29 is 4.79 Å². The van der Waals surface area contributed by atoms with Crippen LogP contribution in [0.2, 0.25) is 0 Å². The molecular formula is C20H28N4O. The zero-order valence-corrected chi connectivity index (χ0v) is 15.0. The molecule has 1 aromatic heterocycles. The molecule has 5 heteroatoms.